The largest absolute Gasteiger partial charge is 0.423 e. The number of hydrogen-bond acceptors (Lipinski definition) is 4. The van der Waals surface area contributed by atoms with Crippen molar-refractivity contribution in [2.75, 3.05) is 31.1 Å². The van der Waals surface area contributed by atoms with Gasteiger partial charge in [-0.1, -0.05) is 24.3 Å². The number of fused-ring (bicyclic) bond motifs is 1. The van der Waals surface area contributed by atoms with Gasteiger partial charge in [-0.25, -0.2) is 0 Å². The van der Waals surface area contributed by atoms with E-state index in [2.05, 4.69) is 4.98 Å². The van der Waals surface area contributed by atoms with Crippen LogP contribution in [0.4, 0.5) is 19.2 Å². The zero-order valence-electron chi connectivity index (χ0n) is 14.2. The minimum absolute atomic E-state index is 0.295. The van der Waals surface area contributed by atoms with Gasteiger partial charge in [0, 0.05) is 26.2 Å². The smallest absolute Gasteiger partial charge is 0.417 e. The van der Waals surface area contributed by atoms with Crippen molar-refractivity contribution >= 4 is 23.0 Å². The monoisotopic (exact) mass is 375 g/mol. The van der Waals surface area contributed by atoms with Crippen molar-refractivity contribution in [2.24, 2.45) is 0 Å². The number of anilines is 1. The number of para-hydroxylation sites is 2. The second-order valence-corrected chi connectivity index (χ2v) is 6.29. The van der Waals surface area contributed by atoms with E-state index in [-0.39, 0.29) is 5.56 Å². The van der Waals surface area contributed by atoms with Crippen LogP contribution in [0, 0.1) is 0 Å². The molecule has 1 aromatic heterocycles. The average Bonchev–Trinajstić information content (AvgIpc) is 3.11. The normalized spacial score (nSPS) is 15.4. The minimum atomic E-state index is -4.56. The van der Waals surface area contributed by atoms with Crippen molar-refractivity contribution in [3.05, 3.63) is 59.7 Å². The highest BCUT2D eigenvalue weighted by Gasteiger charge is 2.36. The van der Waals surface area contributed by atoms with Gasteiger partial charge in [0.1, 0.15) is 5.52 Å². The Hall–Kier alpha value is -3.03. The lowest BCUT2D eigenvalue weighted by atomic mass is 10.1. The van der Waals surface area contributed by atoms with Crippen molar-refractivity contribution in [3.63, 3.8) is 0 Å². The van der Waals surface area contributed by atoms with Gasteiger partial charge >= 0.3 is 6.18 Å². The van der Waals surface area contributed by atoms with Crippen molar-refractivity contribution in [1.82, 2.24) is 9.88 Å². The molecule has 0 aliphatic carbocycles. The van der Waals surface area contributed by atoms with Crippen LogP contribution in [0.2, 0.25) is 0 Å². The van der Waals surface area contributed by atoms with E-state index < -0.39 is 17.6 Å². The van der Waals surface area contributed by atoms with Crippen molar-refractivity contribution in [1.29, 1.82) is 0 Å². The number of halogens is 3. The van der Waals surface area contributed by atoms with E-state index in [1.54, 1.807) is 0 Å². The Morgan fingerprint density at radius 1 is 0.963 bits per heavy atom. The molecule has 0 N–H and O–H groups in total. The topological polar surface area (TPSA) is 49.6 Å². The Balaban J connectivity index is 1.49. The molecule has 1 aliphatic heterocycles. The predicted octanol–water partition coefficient (Wildman–Crippen LogP) is 3.81. The maximum absolute atomic E-state index is 13.2. The fourth-order valence-corrected chi connectivity index (χ4v) is 3.18. The Morgan fingerprint density at radius 2 is 1.63 bits per heavy atom. The Bertz CT molecular complexity index is 942. The maximum atomic E-state index is 13.2. The van der Waals surface area contributed by atoms with Crippen LogP contribution in [0.15, 0.2) is 52.9 Å². The summed E-state index contributed by atoms with van der Waals surface area (Å²) in [5.74, 6) is -0.611. The molecule has 0 bridgehead atoms. The van der Waals surface area contributed by atoms with Gasteiger partial charge in [-0.15, -0.1) is 0 Å². The zero-order chi connectivity index (χ0) is 19.0. The number of carbonyl (C=O) groups is 1. The van der Waals surface area contributed by atoms with E-state index >= 15 is 0 Å². The van der Waals surface area contributed by atoms with Crippen LogP contribution in [0.5, 0.6) is 0 Å². The summed E-state index contributed by atoms with van der Waals surface area (Å²) < 4.78 is 45.2. The summed E-state index contributed by atoms with van der Waals surface area (Å²) in [6.45, 7) is 1.47. The summed E-state index contributed by atoms with van der Waals surface area (Å²) >= 11 is 0. The molecular weight excluding hydrogens is 359 g/mol. The number of benzene rings is 2. The molecule has 2 aromatic carbocycles. The molecule has 4 rings (SSSR count). The molecule has 0 radical (unpaired) electrons. The van der Waals surface area contributed by atoms with E-state index in [9.17, 15) is 18.0 Å². The fraction of sp³-hybridized carbons (Fsp3) is 0.263. The molecule has 0 spiro atoms. The Kier molecular flexibility index (Phi) is 4.25. The first-order valence-corrected chi connectivity index (χ1v) is 8.49. The molecule has 0 atom stereocenters. The lowest BCUT2D eigenvalue weighted by Crippen LogP contribution is -2.49. The van der Waals surface area contributed by atoms with Gasteiger partial charge in [-0.05, 0) is 24.3 Å². The summed E-state index contributed by atoms with van der Waals surface area (Å²) in [4.78, 5) is 20.4. The van der Waals surface area contributed by atoms with Crippen LogP contribution < -0.4 is 4.90 Å². The molecule has 1 saturated heterocycles. The average molecular weight is 375 g/mol. The molecule has 0 unspecified atom stereocenters. The number of nitrogens with zero attached hydrogens (tertiary/aromatic N) is 3. The second-order valence-electron chi connectivity index (χ2n) is 6.29. The van der Waals surface area contributed by atoms with Gasteiger partial charge in [-0.2, -0.15) is 18.2 Å². The standard InChI is InChI=1S/C19H16F3N3O2/c20-19(21,22)14-6-2-1-5-13(14)17(26)24-9-11-25(12-10-24)18-23-15-7-3-4-8-16(15)27-18/h1-8H,9-12H2. The lowest BCUT2D eigenvalue weighted by Gasteiger charge is -2.34. The number of carbonyl (C=O) groups excluding carboxylic acids is 1. The van der Waals surface area contributed by atoms with Crippen LogP contribution in [-0.2, 0) is 6.18 Å². The molecule has 1 fully saturated rings. The van der Waals surface area contributed by atoms with E-state index in [4.69, 9.17) is 4.42 Å². The molecule has 1 aliphatic rings. The molecule has 2 heterocycles. The van der Waals surface area contributed by atoms with Gasteiger partial charge in [0.25, 0.3) is 11.9 Å². The van der Waals surface area contributed by atoms with E-state index in [1.807, 2.05) is 29.2 Å². The summed E-state index contributed by atoms with van der Waals surface area (Å²) in [5, 5.41) is 0. The highest BCUT2D eigenvalue weighted by atomic mass is 19.4. The summed E-state index contributed by atoms with van der Waals surface area (Å²) in [7, 11) is 0. The maximum Gasteiger partial charge on any atom is 0.417 e. The van der Waals surface area contributed by atoms with Gasteiger partial charge in [0.05, 0.1) is 11.1 Å². The summed E-state index contributed by atoms with van der Waals surface area (Å²) in [5.41, 5.74) is 0.187. The Morgan fingerprint density at radius 3 is 2.33 bits per heavy atom. The highest BCUT2D eigenvalue weighted by molar-refractivity contribution is 5.96. The van der Waals surface area contributed by atoms with Crippen molar-refractivity contribution < 1.29 is 22.4 Å². The number of oxazole rings is 1. The first-order chi connectivity index (χ1) is 12.9. The predicted molar refractivity (Wildman–Crippen MR) is 93.6 cm³/mol. The highest BCUT2D eigenvalue weighted by Crippen LogP contribution is 2.32. The molecule has 3 aromatic rings. The van der Waals surface area contributed by atoms with E-state index in [0.717, 1.165) is 11.6 Å². The zero-order valence-corrected chi connectivity index (χ0v) is 14.2. The van der Waals surface area contributed by atoms with E-state index in [0.29, 0.717) is 37.8 Å². The van der Waals surface area contributed by atoms with Gasteiger partial charge < -0.3 is 14.2 Å². The summed E-state index contributed by atoms with van der Waals surface area (Å²) in [6.07, 6.45) is -4.56. The van der Waals surface area contributed by atoms with Crippen molar-refractivity contribution in [3.8, 4) is 0 Å². The Labute approximate surface area is 153 Å². The second kappa shape index (κ2) is 6.61. The van der Waals surface area contributed by atoms with E-state index in [1.165, 1.54) is 23.1 Å². The number of rotatable bonds is 2. The minimum Gasteiger partial charge on any atom is -0.423 e. The summed E-state index contributed by atoms with van der Waals surface area (Å²) in [6, 6.07) is 12.7. The number of amides is 1. The third kappa shape index (κ3) is 3.34. The van der Waals surface area contributed by atoms with Gasteiger partial charge in [0.2, 0.25) is 0 Å². The lowest BCUT2D eigenvalue weighted by molar-refractivity contribution is -0.138. The third-order valence-electron chi connectivity index (χ3n) is 4.58. The van der Waals surface area contributed by atoms with Gasteiger partial charge in [0.15, 0.2) is 5.58 Å². The molecule has 1 amide bonds. The fourth-order valence-electron chi connectivity index (χ4n) is 3.18. The number of hydrogen-bond donors (Lipinski definition) is 0. The van der Waals surface area contributed by atoms with Crippen LogP contribution in [-0.4, -0.2) is 42.0 Å². The molecule has 140 valence electrons. The molecule has 27 heavy (non-hydrogen) atoms. The third-order valence-corrected chi connectivity index (χ3v) is 4.58. The first-order valence-electron chi connectivity index (χ1n) is 8.49. The van der Waals surface area contributed by atoms with Gasteiger partial charge in [-0.3, -0.25) is 4.79 Å². The molecule has 8 heteroatoms. The first kappa shape index (κ1) is 17.4. The van der Waals surface area contributed by atoms with Crippen LogP contribution >= 0.6 is 0 Å². The molecule has 5 nitrogen and oxygen atoms in total. The van der Waals surface area contributed by atoms with Crippen LogP contribution in [0.3, 0.4) is 0 Å². The number of aromatic nitrogens is 1. The van der Waals surface area contributed by atoms with Crippen LogP contribution in [0.25, 0.3) is 11.1 Å². The molecular formula is C19H16F3N3O2. The molecule has 0 saturated carbocycles. The SMILES string of the molecule is O=C(c1ccccc1C(F)(F)F)N1CCN(c2nc3ccccc3o2)CC1. The van der Waals surface area contributed by atoms with Crippen LogP contribution in [0.1, 0.15) is 15.9 Å². The quantitative estimate of drug-likeness (QED) is 0.684. The number of alkyl halides is 3. The van der Waals surface area contributed by atoms with Crippen molar-refractivity contribution in [2.45, 2.75) is 6.18 Å². The number of piperazine rings is 1.